The molecule has 0 bridgehead atoms. The van der Waals surface area contributed by atoms with Crippen LogP contribution in [-0.2, 0) is 14.2 Å². The van der Waals surface area contributed by atoms with Gasteiger partial charge in [0.1, 0.15) is 16.8 Å². The second-order valence-electron chi connectivity index (χ2n) is 14.6. The molecule has 0 atom stereocenters. The van der Waals surface area contributed by atoms with E-state index in [0.717, 1.165) is 0 Å². The van der Waals surface area contributed by atoms with Gasteiger partial charge in [-0.1, -0.05) is 5.92 Å². The van der Waals surface area contributed by atoms with Gasteiger partial charge in [-0.3, -0.25) is 14.4 Å². The van der Waals surface area contributed by atoms with Crippen LogP contribution in [0.1, 0.15) is 152 Å². The van der Waals surface area contributed by atoms with Crippen LogP contribution >= 0.6 is 34.8 Å². The van der Waals surface area contributed by atoms with Crippen LogP contribution in [0.4, 0.5) is 0 Å². The van der Waals surface area contributed by atoms with Crippen LogP contribution in [0.3, 0.4) is 0 Å². The van der Waals surface area contributed by atoms with Gasteiger partial charge in [-0.25, -0.2) is 14.4 Å². The van der Waals surface area contributed by atoms with Gasteiger partial charge < -0.3 is 25.5 Å². The fourth-order valence-corrected chi connectivity index (χ4v) is 3.36. The standard InChI is InChI=1S/C21H30O6.C9H3Cl3O3.C5H4.C4H10O.H3N/c1-19(2,3)25-16(22)13-10-14(17(23)26-20(4,5)6)12-15(11-13)18(24)27-21(7,8)9;10-7(13)4-1-5(8(11)14)3-6(2-4)9(12)15;1-3-5-4-2;1-4(2,3)5;/h10-12H,1-9H3;1-3H;1H,2H3;5H,1-3H3;1H3. The molecule has 0 heterocycles. The van der Waals surface area contributed by atoms with Gasteiger partial charge in [0.05, 0.1) is 22.3 Å². The van der Waals surface area contributed by atoms with Crippen molar-refractivity contribution in [3.63, 3.8) is 0 Å². The summed E-state index contributed by atoms with van der Waals surface area (Å²) in [7, 11) is 0. The van der Waals surface area contributed by atoms with E-state index >= 15 is 0 Å². The van der Waals surface area contributed by atoms with Crippen molar-refractivity contribution in [1.29, 1.82) is 0 Å². The normalized spacial score (nSPS) is 10.5. The Labute approximate surface area is 328 Å². The number of carbonyl (C=O) groups excluding carboxylic acids is 6. The van der Waals surface area contributed by atoms with E-state index in [1.165, 1.54) is 36.4 Å². The smallest absolute Gasteiger partial charge is 0.338 e. The third-order valence-corrected chi connectivity index (χ3v) is 5.30. The topological polar surface area (TPSA) is 185 Å². The van der Waals surface area contributed by atoms with Gasteiger partial charge in [-0.2, -0.15) is 0 Å². The number of carbonyl (C=O) groups is 6. The van der Waals surface area contributed by atoms with Gasteiger partial charge in [-0.05, 0) is 173 Å². The predicted octanol–water partition coefficient (Wildman–Crippen LogP) is 8.96. The summed E-state index contributed by atoms with van der Waals surface area (Å²) in [6, 6.07) is 7.64. The Morgan fingerprint density at radius 2 is 0.717 bits per heavy atom. The molecular weight excluding hydrogens is 749 g/mol. The molecule has 0 saturated carbocycles. The second kappa shape index (κ2) is 22.8. The van der Waals surface area contributed by atoms with Crippen molar-refractivity contribution in [3.05, 3.63) is 69.8 Å². The minimum atomic E-state index is -0.797. The van der Waals surface area contributed by atoms with Gasteiger partial charge in [0.2, 0.25) is 0 Å². The number of esters is 3. The molecule has 292 valence electrons. The van der Waals surface area contributed by atoms with E-state index < -0.39 is 56.0 Å². The van der Waals surface area contributed by atoms with Crippen molar-refractivity contribution >= 4 is 68.4 Å². The summed E-state index contributed by atoms with van der Waals surface area (Å²) in [4.78, 5) is 69.9. The lowest BCUT2D eigenvalue weighted by molar-refractivity contribution is 0.00676. The zero-order chi connectivity index (χ0) is 41.4. The molecule has 11 nitrogen and oxygen atoms in total. The average Bonchev–Trinajstić information content (AvgIpc) is 2.94. The first-order valence-electron chi connectivity index (χ1n) is 15.5. The summed E-state index contributed by atoms with van der Waals surface area (Å²) < 4.78 is 16.1. The fraction of sp³-hybridized carbons (Fsp3) is 0.436. The largest absolute Gasteiger partial charge is 0.456 e. The van der Waals surface area contributed by atoms with E-state index in [1.807, 2.05) is 0 Å². The van der Waals surface area contributed by atoms with Crippen molar-refractivity contribution in [2.75, 3.05) is 0 Å². The Balaban J connectivity index is -0.000000800. The number of aliphatic hydroxyl groups is 1. The Bertz CT molecular complexity index is 1520. The first kappa shape index (κ1) is 53.1. The molecule has 53 heavy (non-hydrogen) atoms. The molecule has 0 unspecified atom stereocenters. The van der Waals surface area contributed by atoms with Crippen molar-refractivity contribution in [3.8, 4) is 24.2 Å². The zero-order valence-electron chi connectivity index (χ0n) is 32.5. The highest BCUT2D eigenvalue weighted by molar-refractivity contribution is 6.70. The molecule has 0 saturated heterocycles. The molecule has 2 aromatic rings. The quantitative estimate of drug-likeness (QED) is 0.123. The van der Waals surface area contributed by atoms with Crippen molar-refractivity contribution in [1.82, 2.24) is 6.15 Å². The van der Waals surface area contributed by atoms with Crippen molar-refractivity contribution in [2.24, 2.45) is 0 Å². The molecule has 0 aliphatic heterocycles. The summed E-state index contributed by atoms with van der Waals surface area (Å²) in [5.74, 6) is 5.15. The van der Waals surface area contributed by atoms with Crippen LogP contribution in [0.25, 0.3) is 0 Å². The molecule has 4 N–H and O–H groups in total. The van der Waals surface area contributed by atoms with Crippen LogP contribution in [0.15, 0.2) is 36.4 Å². The second-order valence-corrected chi connectivity index (χ2v) is 15.6. The van der Waals surface area contributed by atoms with Crippen LogP contribution < -0.4 is 6.15 Å². The van der Waals surface area contributed by atoms with Gasteiger partial charge in [0, 0.05) is 16.7 Å². The van der Waals surface area contributed by atoms with Gasteiger partial charge in [0.25, 0.3) is 15.7 Å². The average molecular weight is 799 g/mol. The van der Waals surface area contributed by atoms with Gasteiger partial charge in [-0.15, -0.1) is 6.42 Å². The van der Waals surface area contributed by atoms with E-state index in [9.17, 15) is 28.8 Å². The van der Waals surface area contributed by atoms with E-state index in [4.69, 9.17) is 60.5 Å². The molecule has 2 aromatic carbocycles. The van der Waals surface area contributed by atoms with E-state index in [0.29, 0.717) is 0 Å². The maximum Gasteiger partial charge on any atom is 0.338 e. The van der Waals surface area contributed by atoms with Gasteiger partial charge >= 0.3 is 17.9 Å². The number of hydrogen-bond acceptors (Lipinski definition) is 11. The summed E-state index contributed by atoms with van der Waals surface area (Å²) >= 11 is 15.6. The highest BCUT2D eigenvalue weighted by Gasteiger charge is 2.26. The van der Waals surface area contributed by atoms with Crippen LogP contribution in [0.5, 0.6) is 0 Å². The highest BCUT2D eigenvalue weighted by Crippen LogP contribution is 2.21. The predicted molar refractivity (Wildman–Crippen MR) is 208 cm³/mol. The number of terminal acetylenes is 1. The lowest BCUT2D eigenvalue weighted by Gasteiger charge is -2.22. The van der Waals surface area contributed by atoms with E-state index in [-0.39, 0.29) is 39.5 Å². The van der Waals surface area contributed by atoms with Crippen LogP contribution in [0, 0.1) is 24.2 Å². The lowest BCUT2D eigenvalue weighted by Crippen LogP contribution is -2.27. The fourth-order valence-electron chi connectivity index (χ4n) is 3.03. The molecule has 2 rings (SSSR count). The minimum Gasteiger partial charge on any atom is -0.456 e. The van der Waals surface area contributed by atoms with Crippen molar-refractivity contribution < 1.29 is 48.1 Å². The van der Waals surface area contributed by atoms with E-state index in [2.05, 4.69) is 17.8 Å². The molecule has 0 amide bonds. The highest BCUT2D eigenvalue weighted by atomic mass is 35.5. The maximum atomic E-state index is 12.5. The lowest BCUT2D eigenvalue weighted by atomic mass is 10.0. The molecule has 0 aromatic heterocycles. The summed E-state index contributed by atoms with van der Waals surface area (Å²) in [5, 5.41) is 6.13. The molecule has 0 spiro atoms. The molecule has 0 fully saturated rings. The maximum absolute atomic E-state index is 12.5. The molecular formula is C39H50Cl3NO10. The Morgan fingerprint density at radius 1 is 0.528 bits per heavy atom. The SMILES string of the molecule is C#CC#CC.CC(C)(C)O.CC(C)(C)OC(=O)c1cc(C(=O)OC(C)(C)C)cc(C(=O)OC(C)(C)C)c1.N.O=C(Cl)c1cc(C(=O)Cl)cc(C(=O)Cl)c1. The zero-order valence-corrected chi connectivity index (χ0v) is 34.8. The Morgan fingerprint density at radius 3 is 0.830 bits per heavy atom. The number of benzene rings is 2. The molecule has 14 heteroatoms. The van der Waals surface area contributed by atoms with E-state index in [1.54, 1.807) is 90.0 Å². The first-order chi connectivity index (χ1) is 23.3. The number of ether oxygens (including phenoxy) is 3. The monoisotopic (exact) mass is 797 g/mol. The van der Waals surface area contributed by atoms with Crippen LogP contribution in [0.2, 0.25) is 0 Å². The Hall–Kier alpha value is -4.23. The third kappa shape index (κ3) is 27.1. The van der Waals surface area contributed by atoms with Gasteiger partial charge in [0.15, 0.2) is 0 Å². The minimum absolute atomic E-state index is 0. The Kier molecular flexibility index (Phi) is 22.8. The summed E-state index contributed by atoms with van der Waals surface area (Å²) in [5.41, 5.74) is -2.44. The number of halogens is 3. The molecule has 0 aliphatic carbocycles. The first-order valence-corrected chi connectivity index (χ1v) is 16.6. The summed E-state index contributed by atoms with van der Waals surface area (Å²) in [6.45, 7) is 22.5. The number of rotatable bonds is 6. The molecule has 0 radical (unpaired) electrons. The number of hydrogen-bond donors (Lipinski definition) is 2. The third-order valence-electron chi connectivity index (χ3n) is 4.65. The van der Waals surface area contributed by atoms with Crippen LogP contribution in [-0.4, -0.2) is 61.1 Å². The molecule has 0 aliphatic rings. The summed E-state index contributed by atoms with van der Waals surface area (Å²) in [6.07, 6.45) is 4.72. The van der Waals surface area contributed by atoms with Crippen molar-refractivity contribution in [2.45, 2.75) is 112 Å².